The first-order chi connectivity index (χ1) is 27.2. The number of rotatable bonds is 4. The van der Waals surface area contributed by atoms with Crippen molar-refractivity contribution in [3.8, 4) is 11.1 Å². The first-order valence-electron chi connectivity index (χ1n) is 22.6. The predicted molar refractivity (Wildman–Crippen MR) is 272 cm³/mol. The van der Waals surface area contributed by atoms with Gasteiger partial charge in [-0.15, -0.1) is 24.8 Å². The molecule has 4 aliphatic carbocycles. The number of benzene rings is 4. The van der Waals surface area contributed by atoms with Crippen LogP contribution in [-0.2, 0) is 46.4 Å². The molecule has 61 heavy (non-hydrogen) atoms. The van der Waals surface area contributed by atoms with Crippen LogP contribution in [0.4, 0.5) is 0 Å². The molecule has 2 atom stereocenters. The van der Waals surface area contributed by atoms with Crippen molar-refractivity contribution in [3.05, 3.63) is 150 Å². The van der Waals surface area contributed by atoms with Crippen LogP contribution in [0.25, 0.3) is 22.3 Å². The minimum absolute atomic E-state index is 0. The second kappa shape index (κ2) is 15.1. The van der Waals surface area contributed by atoms with Gasteiger partial charge in [0.25, 0.3) is 0 Å². The van der Waals surface area contributed by atoms with Crippen molar-refractivity contribution in [1.29, 1.82) is 0 Å². The summed E-state index contributed by atoms with van der Waals surface area (Å²) in [6.07, 6.45) is 12.5. The zero-order valence-electron chi connectivity index (χ0n) is 40.3. The number of halogens is 2. The minimum atomic E-state index is -5.06. The van der Waals surface area contributed by atoms with Gasteiger partial charge in [-0.2, -0.15) is 0 Å². The van der Waals surface area contributed by atoms with Gasteiger partial charge in [0.2, 0.25) is 0 Å². The second-order valence-electron chi connectivity index (χ2n) is 23.8. The Balaban J connectivity index is 0.00000311. The molecule has 0 bridgehead atoms. The molecule has 0 aromatic heterocycles. The van der Waals surface area contributed by atoms with Crippen molar-refractivity contribution in [2.24, 2.45) is 11.3 Å². The third-order valence-electron chi connectivity index (χ3n) is 15.8. The van der Waals surface area contributed by atoms with Gasteiger partial charge in [-0.1, -0.05) is 0 Å². The predicted octanol–water partition coefficient (Wildman–Crippen LogP) is 15.5. The summed E-state index contributed by atoms with van der Waals surface area (Å²) in [6.45, 7) is 38.3. The molecular formula is C58H74Cl2Zr. The molecule has 4 aromatic carbocycles. The fourth-order valence-corrected chi connectivity index (χ4v) is 31.4. The van der Waals surface area contributed by atoms with Crippen LogP contribution in [0.1, 0.15) is 162 Å². The molecule has 4 aromatic rings. The van der Waals surface area contributed by atoms with Crippen LogP contribution in [0.15, 0.2) is 106 Å². The molecule has 0 saturated carbocycles. The van der Waals surface area contributed by atoms with E-state index in [0.29, 0.717) is 0 Å². The van der Waals surface area contributed by atoms with E-state index in [9.17, 15) is 0 Å². The molecule has 0 saturated heterocycles. The third-order valence-corrected chi connectivity index (χ3v) is 34.2. The first kappa shape index (κ1) is 47.6. The summed E-state index contributed by atoms with van der Waals surface area (Å²) in [5.74, 6) is 0.283. The summed E-state index contributed by atoms with van der Waals surface area (Å²) in [5, 5.41) is 0. The van der Waals surface area contributed by atoms with Gasteiger partial charge in [0.15, 0.2) is 0 Å². The molecule has 0 amide bonds. The number of fused-ring (bicyclic) bond motifs is 5. The average molecular weight is 933 g/mol. The molecule has 8 rings (SSSR count). The maximum atomic E-state index is 6.03. The van der Waals surface area contributed by atoms with Gasteiger partial charge in [-0.05, 0) is 0 Å². The Morgan fingerprint density at radius 2 is 1.05 bits per heavy atom. The van der Waals surface area contributed by atoms with Crippen molar-refractivity contribution < 1.29 is 18.3 Å². The summed E-state index contributed by atoms with van der Waals surface area (Å²) < 4.78 is 10.8. The Morgan fingerprint density at radius 3 is 1.49 bits per heavy atom. The maximum absolute atomic E-state index is 6.03. The van der Waals surface area contributed by atoms with Crippen LogP contribution in [0, 0.1) is 11.3 Å². The van der Waals surface area contributed by atoms with Gasteiger partial charge in [-0.3, -0.25) is 0 Å². The Labute approximate surface area is 384 Å². The van der Waals surface area contributed by atoms with E-state index in [4.69, 9.17) is 4.21 Å². The average Bonchev–Trinajstić information content (AvgIpc) is 3.73. The third kappa shape index (κ3) is 7.23. The Hall–Kier alpha value is -2.83. The summed E-state index contributed by atoms with van der Waals surface area (Å²) >= 11 is -5.06. The zero-order valence-corrected chi connectivity index (χ0v) is 44.4. The summed E-state index contributed by atoms with van der Waals surface area (Å²) in [7, 11) is 0. The number of allylic oxidation sites excluding steroid dienone is 8. The van der Waals surface area contributed by atoms with E-state index in [2.05, 4.69) is 208 Å². The van der Waals surface area contributed by atoms with E-state index in [1.165, 1.54) is 78.9 Å². The Morgan fingerprint density at radius 1 is 0.590 bits per heavy atom. The molecule has 324 valence electrons. The van der Waals surface area contributed by atoms with E-state index in [1.54, 1.807) is 3.28 Å². The standard InChI is InChI=1S/C27H29.C10H15.2C10H13.CH2.2ClH.Zr/c1-16-7-9-26(3,4)24-12-18-11-19-13-25-21(17(2)8-10-27(25,5)6)15-23(19)22(18)14-20(16)24;1-8-5-6-9(7-8)10(2,3)4;2*1-10(2,3)9-7-5-4-6-8-9;;;;/h7-9,12-15H,10-11H2,1-6H3;6-8H,1-4H3;2*5-8H,1-3H3;1H2;2*1H;. The zero-order chi connectivity index (χ0) is 43.1. The molecule has 0 nitrogen and oxygen atoms in total. The number of hydrogen-bond acceptors (Lipinski definition) is 0. The van der Waals surface area contributed by atoms with Gasteiger partial charge >= 0.3 is 362 Å². The van der Waals surface area contributed by atoms with Crippen LogP contribution < -0.4 is 6.54 Å². The van der Waals surface area contributed by atoms with Crippen molar-refractivity contribution in [2.45, 2.75) is 149 Å². The SMILES string of the molecule is Cl.Cl.[CH2]=[Zr]([C]1=CC(C(C)(C)C)=CC1C)([c]1ccc(C(C)(C)C)cc1)([c]1ccc(C(C)(C)C)cc1)[CH]1C=C(C)c2cc3c(cc2C1(C)C)Cc1cc2c(cc1-3)C(C)=CCC2(C)C. The quantitative estimate of drug-likeness (QED) is 0.168. The van der Waals surface area contributed by atoms with Crippen molar-refractivity contribution in [2.75, 3.05) is 0 Å². The molecule has 0 aliphatic heterocycles. The van der Waals surface area contributed by atoms with Crippen LogP contribution in [-0.4, -0.2) is 4.21 Å². The monoisotopic (exact) mass is 930 g/mol. The molecule has 0 spiro atoms. The van der Waals surface area contributed by atoms with Crippen LogP contribution in [0.5, 0.6) is 0 Å². The van der Waals surface area contributed by atoms with E-state index in [-0.39, 0.29) is 61.4 Å². The summed E-state index contributed by atoms with van der Waals surface area (Å²) in [4.78, 5) is 0. The van der Waals surface area contributed by atoms with Gasteiger partial charge in [0.05, 0.1) is 0 Å². The molecule has 0 heterocycles. The molecule has 4 aliphatic rings. The first-order valence-corrected chi connectivity index (χ1v) is 29.4. The fraction of sp³-hybridized carbons (Fsp3) is 0.431. The van der Waals surface area contributed by atoms with E-state index < -0.39 is 18.3 Å². The van der Waals surface area contributed by atoms with Crippen molar-refractivity contribution in [3.63, 3.8) is 0 Å². The molecule has 0 N–H and O–H groups in total. The van der Waals surface area contributed by atoms with Gasteiger partial charge in [-0.25, -0.2) is 0 Å². The Bertz CT molecular complexity index is 2550. The van der Waals surface area contributed by atoms with E-state index >= 15 is 0 Å². The van der Waals surface area contributed by atoms with Crippen LogP contribution >= 0.6 is 24.8 Å². The summed E-state index contributed by atoms with van der Waals surface area (Å²) in [6, 6.07) is 30.2. The van der Waals surface area contributed by atoms with E-state index in [0.717, 1.165) is 12.8 Å². The van der Waals surface area contributed by atoms with Crippen LogP contribution in [0.3, 0.4) is 0 Å². The normalized spacial score (nSPS) is 20.4. The molecular weight excluding hydrogens is 859 g/mol. The van der Waals surface area contributed by atoms with Crippen molar-refractivity contribution in [1.82, 2.24) is 0 Å². The molecule has 3 heteroatoms. The fourth-order valence-electron chi connectivity index (χ4n) is 12.0. The van der Waals surface area contributed by atoms with Gasteiger partial charge < -0.3 is 0 Å². The summed E-state index contributed by atoms with van der Waals surface area (Å²) in [5.41, 5.74) is 18.8. The Kier molecular flexibility index (Phi) is 11.8. The molecule has 2 unspecified atom stereocenters. The van der Waals surface area contributed by atoms with Crippen LogP contribution in [0.2, 0.25) is 3.63 Å². The molecule has 0 fully saturated rings. The topological polar surface area (TPSA) is 0 Å². The van der Waals surface area contributed by atoms with Gasteiger partial charge in [0, 0.05) is 0 Å². The van der Waals surface area contributed by atoms with Crippen molar-refractivity contribution >= 4 is 46.7 Å². The van der Waals surface area contributed by atoms with E-state index in [1.807, 2.05) is 0 Å². The van der Waals surface area contributed by atoms with Gasteiger partial charge in [0.1, 0.15) is 0 Å². The number of hydrogen-bond donors (Lipinski definition) is 0. The molecule has 0 radical (unpaired) electrons. The second-order valence-corrected chi connectivity index (χ2v) is 37.1.